The van der Waals surface area contributed by atoms with E-state index in [1.54, 1.807) is 13.8 Å². The van der Waals surface area contributed by atoms with Crippen LogP contribution in [-0.4, -0.2) is 66.9 Å². The van der Waals surface area contributed by atoms with E-state index in [1.165, 1.54) is 22.6 Å². The number of carboxylic acid groups (broad SMARTS) is 1. The first-order valence-corrected chi connectivity index (χ1v) is 15.0. The number of piperazine rings is 1. The third-order valence-corrected chi connectivity index (χ3v) is 8.67. The van der Waals surface area contributed by atoms with Crippen molar-refractivity contribution in [2.75, 3.05) is 36.4 Å². The monoisotopic (exact) mass is 581 g/mol. The van der Waals surface area contributed by atoms with Crippen LogP contribution in [-0.2, 0) is 19.8 Å². The van der Waals surface area contributed by atoms with E-state index in [2.05, 4.69) is 31.8 Å². The fraction of sp³-hybridized carbons (Fsp3) is 0.321. The van der Waals surface area contributed by atoms with Crippen LogP contribution in [0.1, 0.15) is 31.3 Å². The Hall–Kier alpha value is -3.76. The Bertz CT molecular complexity index is 1530. The molecule has 0 spiro atoms. The Morgan fingerprint density at radius 3 is 2.38 bits per heavy atom. The average molecular weight is 582 g/mol. The van der Waals surface area contributed by atoms with Crippen LogP contribution in [0.4, 0.5) is 11.4 Å². The van der Waals surface area contributed by atoms with Gasteiger partial charge < -0.3 is 15.3 Å². The highest BCUT2D eigenvalue weighted by atomic mass is 32.2. The van der Waals surface area contributed by atoms with Crippen molar-refractivity contribution in [3.05, 3.63) is 64.5 Å². The molecule has 40 heavy (non-hydrogen) atoms. The molecule has 3 aromatic rings. The minimum absolute atomic E-state index is 0.131. The second-order valence-corrected chi connectivity index (χ2v) is 12.2. The Morgan fingerprint density at radius 1 is 1.05 bits per heavy atom. The summed E-state index contributed by atoms with van der Waals surface area (Å²) >= 11 is 1.45. The molecule has 0 saturated carbocycles. The van der Waals surface area contributed by atoms with Crippen LogP contribution in [0, 0.1) is 17.8 Å². The van der Waals surface area contributed by atoms with E-state index in [1.807, 2.05) is 53.9 Å². The van der Waals surface area contributed by atoms with E-state index < -0.39 is 22.2 Å². The molecule has 12 heteroatoms. The summed E-state index contributed by atoms with van der Waals surface area (Å²) in [6, 6.07) is 14.1. The fourth-order valence-corrected chi connectivity index (χ4v) is 6.36. The molecule has 10 nitrogen and oxygen atoms in total. The molecular formula is C28H31N5O5S2. The highest BCUT2D eigenvalue weighted by molar-refractivity contribution is 7.87. The number of rotatable bonds is 8. The lowest BCUT2D eigenvalue weighted by Crippen LogP contribution is -2.55. The number of hydrogen-bond acceptors (Lipinski definition) is 7. The highest BCUT2D eigenvalue weighted by Gasteiger charge is 2.32. The topological polar surface area (TPSA) is 132 Å². The van der Waals surface area contributed by atoms with Crippen molar-refractivity contribution in [1.29, 1.82) is 0 Å². The maximum atomic E-state index is 12.7. The zero-order valence-corrected chi connectivity index (χ0v) is 24.1. The summed E-state index contributed by atoms with van der Waals surface area (Å²) in [5.74, 6) is 4.54. The number of carboxylic acids is 1. The predicted octanol–water partition coefficient (Wildman–Crippen LogP) is 3.23. The number of nitrogens with zero attached hydrogens (tertiary/aromatic N) is 3. The maximum absolute atomic E-state index is 12.7. The van der Waals surface area contributed by atoms with E-state index >= 15 is 0 Å². The summed E-state index contributed by atoms with van der Waals surface area (Å²) in [4.78, 5) is 29.4. The number of carbonyl (C=O) groups is 2. The first-order chi connectivity index (χ1) is 19.0. The number of nitrogens with one attached hydrogen (secondary N) is 2. The van der Waals surface area contributed by atoms with Gasteiger partial charge in [-0.3, -0.25) is 9.59 Å². The second-order valence-electron chi connectivity index (χ2n) is 9.67. The standard InChI is InChI=1S/C28H31N5O5S2/c1-19(2)27(28(35)36)31-40(37,38)33-15-13-32(14-16-33)24-10-7-21(8-11-24)9-12-26-30-25(18-39-26)22-5-4-6-23(17-22)29-20(3)34/h4-8,10-11,17-19,27,31H,13-16H2,1-3H3,(H,29,34)(H,35,36)/t27-/m1/s1. The van der Waals surface area contributed by atoms with Gasteiger partial charge in [-0.1, -0.05) is 31.9 Å². The number of thiazole rings is 1. The maximum Gasteiger partial charge on any atom is 0.322 e. The third-order valence-electron chi connectivity index (χ3n) is 6.32. The van der Waals surface area contributed by atoms with Gasteiger partial charge in [0.25, 0.3) is 10.2 Å². The summed E-state index contributed by atoms with van der Waals surface area (Å²) in [5.41, 5.74) is 4.17. The third kappa shape index (κ3) is 7.45. The summed E-state index contributed by atoms with van der Waals surface area (Å²) in [7, 11) is -3.91. The van der Waals surface area contributed by atoms with Gasteiger partial charge in [-0.05, 0) is 48.2 Å². The van der Waals surface area contributed by atoms with Crippen LogP contribution >= 0.6 is 11.3 Å². The molecule has 0 aliphatic carbocycles. The quantitative estimate of drug-likeness (QED) is 0.348. The normalized spacial score (nSPS) is 14.8. The van der Waals surface area contributed by atoms with Gasteiger partial charge in [-0.25, -0.2) is 4.98 Å². The molecular weight excluding hydrogens is 550 g/mol. The van der Waals surface area contributed by atoms with E-state index in [9.17, 15) is 23.1 Å². The van der Waals surface area contributed by atoms with Gasteiger partial charge in [0.1, 0.15) is 6.04 Å². The molecule has 2 heterocycles. The van der Waals surface area contributed by atoms with Gasteiger partial charge in [-0.2, -0.15) is 17.4 Å². The van der Waals surface area contributed by atoms with Crippen molar-refractivity contribution < 1.29 is 23.1 Å². The molecule has 0 radical (unpaired) electrons. The largest absolute Gasteiger partial charge is 0.480 e. The minimum atomic E-state index is -3.91. The molecule has 1 saturated heterocycles. The lowest BCUT2D eigenvalue weighted by molar-refractivity contribution is -0.140. The lowest BCUT2D eigenvalue weighted by Gasteiger charge is -2.36. The summed E-state index contributed by atoms with van der Waals surface area (Å²) < 4.78 is 29.0. The van der Waals surface area contributed by atoms with Gasteiger partial charge in [0, 0.05) is 61.0 Å². The highest BCUT2D eigenvalue weighted by Crippen LogP contribution is 2.24. The number of anilines is 2. The summed E-state index contributed by atoms with van der Waals surface area (Å²) in [6.45, 7) is 6.26. The Morgan fingerprint density at radius 2 is 1.75 bits per heavy atom. The molecule has 1 amide bonds. The molecule has 3 N–H and O–H groups in total. The average Bonchev–Trinajstić information content (AvgIpc) is 3.40. The number of carbonyl (C=O) groups excluding carboxylic acids is 1. The Kier molecular flexibility index (Phi) is 9.21. The first kappa shape index (κ1) is 29.2. The molecule has 2 aromatic carbocycles. The smallest absolute Gasteiger partial charge is 0.322 e. The fourth-order valence-electron chi connectivity index (χ4n) is 4.20. The molecule has 1 aliphatic rings. The Labute approximate surface area is 238 Å². The van der Waals surface area contributed by atoms with Crippen LogP contribution in [0.25, 0.3) is 11.3 Å². The van der Waals surface area contributed by atoms with Crippen LogP contribution in [0.3, 0.4) is 0 Å². The van der Waals surface area contributed by atoms with Crippen molar-refractivity contribution in [2.24, 2.45) is 5.92 Å². The lowest BCUT2D eigenvalue weighted by atomic mass is 10.1. The minimum Gasteiger partial charge on any atom is -0.480 e. The molecule has 0 bridgehead atoms. The number of amides is 1. The SMILES string of the molecule is CC(=O)Nc1cccc(-c2csc(C#Cc3ccc(N4CCN(S(=O)(=O)N[C@@H](C(=O)O)C(C)C)CC4)cc3)n2)c1. The molecule has 4 rings (SSSR count). The van der Waals surface area contributed by atoms with Crippen molar-refractivity contribution in [2.45, 2.75) is 26.8 Å². The van der Waals surface area contributed by atoms with Crippen LogP contribution < -0.4 is 14.9 Å². The molecule has 1 aromatic heterocycles. The molecule has 0 unspecified atom stereocenters. The second kappa shape index (κ2) is 12.6. The van der Waals surface area contributed by atoms with E-state index in [4.69, 9.17) is 0 Å². The van der Waals surface area contributed by atoms with Crippen molar-refractivity contribution in [3.8, 4) is 23.1 Å². The number of benzene rings is 2. The Balaban J connectivity index is 1.35. The van der Waals surface area contributed by atoms with Crippen LogP contribution in [0.2, 0.25) is 0 Å². The van der Waals surface area contributed by atoms with E-state index in [-0.39, 0.29) is 24.9 Å². The molecule has 1 fully saturated rings. The van der Waals surface area contributed by atoms with Gasteiger partial charge in [-0.15, -0.1) is 11.3 Å². The molecule has 1 atom stereocenters. The zero-order valence-electron chi connectivity index (χ0n) is 22.4. The predicted molar refractivity (Wildman–Crippen MR) is 156 cm³/mol. The number of aromatic nitrogens is 1. The first-order valence-electron chi connectivity index (χ1n) is 12.7. The van der Waals surface area contributed by atoms with Crippen molar-refractivity contribution in [1.82, 2.24) is 14.0 Å². The summed E-state index contributed by atoms with van der Waals surface area (Å²) in [6.07, 6.45) is 0. The zero-order chi connectivity index (χ0) is 28.9. The summed E-state index contributed by atoms with van der Waals surface area (Å²) in [5, 5.41) is 14.7. The van der Waals surface area contributed by atoms with Crippen LogP contribution in [0.5, 0.6) is 0 Å². The van der Waals surface area contributed by atoms with Gasteiger partial charge >= 0.3 is 5.97 Å². The van der Waals surface area contributed by atoms with Crippen LogP contribution in [0.15, 0.2) is 53.9 Å². The number of aliphatic carboxylic acids is 1. The number of hydrogen-bond donors (Lipinski definition) is 3. The van der Waals surface area contributed by atoms with Crippen molar-refractivity contribution in [3.63, 3.8) is 0 Å². The van der Waals surface area contributed by atoms with E-state index in [0.717, 1.165) is 22.5 Å². The van der Waals surface area contributed by atoms with Crippen molar-refractivity contribution >= 4 is 44.8 Å². The van der Waals surface area contributed by atoms with E-state index in [0.29, 0.717) is 23.8 Å². The molecule has 210 valence electrons. The van der Waals surface area contributed by atoms with Gasteiger partial charge in [0.2, 0.25) is 5.91 Å². The van der Waals surface area contributed by atoms with Gasteiger partial charge in [0.05, 0.1) is 5.69 Å². The molecule has 1 aliphatic heterocycles. The van der Waals surface area contributed by atoms with Gasteiger partial charge in [0.15, 0.2) is 5.01 Å².